The number of hydrogen-bond donors (Lipinski definition) is 0. The van der Waals surface area contributed by atoms with Crippen LogP contribution in [0.3, 0.4) is 0 Å². The maximum atomic E-state index is 12.2. The maximum Gasteiger partial charge on any atom is 0.202 e. The smallest absolute Gasteiger partial charge is 0.202 e. The Kier molecular flexibility index (Phi) is 2.23. The molecule has 2 aromatic rings. The molecular weight excluding hydrogens is 240 g/mol. The van der Waals surface area contributed by atoms with Crippen molar-refractivity contribution in [1.82, 2.24) is 0 Å². The van der Waals surface area contributed by atoms with E-state index in [9.17, 15) is 4.79 Å². The molecule has 94 valence electrons. The van der Waals surface area contributed by atoms with Gasteiger partial charge in [-0.3, -0.25) is 4.79 Å². The highest BCUT2D eigenvalue weighted by Gasteiger charge is 2.26. The second-order valence-electron chi connectivity index (χ2n) is 4.79. The molecule has 0 N–H and O–H groups in total. The first-order valence-electron chi connectivity index (χ1n) is 6.39. The van der Waals surface area contributed by atoms with Gasteiger partial charge in [-0.25, -0.2) is 0 Å². The first-order chi connectivity index (χ1) is 9.33. The predicted octanol–water partition coefficient (Wildman–Crippen LogP) is 3.14. The van der Waals surface area contributed by atoms with Crippen LogP contribution in [0.2, 0.25) is 0 Å². The van der Waals surface area contributed by atoms with Gasteiger partial charge in [0.25, 0.3) is 0 Å². The number of hydrogen-bond acceptors (Lipinski definition) is 3. The summed E-state index contributed by atoms with van der Waals surface area (Å²) in [4.78, 5) is 12.2. The van der Waals surface area contributed by atoms with Crippen LogP contribution in [0.25, 0.3) is 16.5 Å². The van der Waals surface area contributed by atoms with Gasteiger partial charge < -0.3 is 9.47 Å². The van der Waals surface area contributed by atoms with Crippen molar-refractivity contribution in [3.8, 4) is 0 Å². The first-order valence-corrected chi connectivity index (χ1v) is 6.39. The van der Waals surface area contributed by atoms with Gasteiger partial charge in [-0.15, -0.1) is 0 Å². The highest BCUT2D eigenvalue weighted by molar-refractivity contribution is 6.21. The molecule has 2 aliphatic rings. The lowest BCUT2D eigenvalue weighted by molar-refractivity contribution is -0.179. The summed E-state index contributed by atoms with van der Waals surface area (Å²) in [5.74, 6) is 0.623. The minimum absolute atomic E-state index is 0.00127. The van der Waals surface area contributed by atoms with E-state index in [4.69, 9.17) is 9.47 Å². The fraction of sp³-hybridized carbons (Fsp3) is 0.188. The van der Waals surface area contributed by atoms with Crippen LogP contribution in [0, 0.1) is 0 Å². The van der Waals surface area contributed by atoms with Crippen LogP contribution < -0.4 is 0 Å². The summed E-state index contributed by atoms with van der Waals surface area (Å²) in [6.45, 7) is 0.729. The minimum Gasteiger partial charge on any atom is -0.464 e. The summed E-state index contributed by atoms with van der Waals surface area (Å²) in [6.07, 6.45) is 2.24. The van der Waals surface area contributed by atoms with E-state index in [0.717, 1.165) is 34.9 Å². The number of ether oxygens (including phenoxy) is 2. The first kappa shape index (κ1) is 10.8. The number of rotatable bonds is 2. The molecule has 1 saturated heterocycles. The number of carbonyl (C=O) groups is 1. The summed E-state index contributed by atoms with van der Waals surface area (Å²) in [5.41, 5.74) is 1.72. The summed E-state index contributed by atoms with van der Waals surface area (Å²) in [5, 5.41) is 2.04. The highest BCUT2D eigenvalue weighted by atomic mass is 16.7. The van der Waals surface area contributed by atoms with Crippen molar-refractivity contribution >= 4 is 22.3 Å². The molecule has 0 aromatic heterocycles. The van der Waals surface area contributed by atoms with Gasteiger partial charge in [-0.1, -0.05) is 36.4 Å². The van der Waals surface area contributed by atoms with Crippen molar-refractivity contribution in [3.63, 3.8) is 0 Å². The monoisotopic (exact) mass is 252 g/mol. The Morgan fingerprint density at radius 2 is 1.84 bits per heavy atom. The zero-order valence-electron chi connectivity index (χ0n) is 10.3. The molecule has 0 bridgehead atoms. The molecule has 3 heteroatoms. The zero-order valence-corrected chi connectivity index (χ0v) is 10.3. The molecule has 19 heavy (non-hydrogen) atoms. The lowest BCUT2D eigenvalue weighted by Gasteiger charge is -2.29. The second kappa shape index (κ2) is 3.93. The van der Waals surface area contributed by atoms with Crippen molar-refractivity contribution in [2.24, 2.45) is 0 Å². The van der Waals surface area contributed by atoms with Gasteiger partial charge in [0.2, 0.25) is 6.29 Å². The van der Waals surface area contributed by atoms with E-state index in [1.807, 2.05) is 36.4 Å². The van der Waals surface area contributed by atoms with Crippen LogP contribution in [0.15, 0.2) is 42.5 Å². The van der Waals surface area contributed by atoms with Crippen LogP contribution in [0.5, 0.6) is 0 Å². The Bertz CT molecular complexity index is 706. The van der Waals surface area contributed by atoms with E-state index in [-0.39, 0.29) is 12.1 Å². The van der Waals surface area contributed by atoms with Gasteiger partial charge in [-0.2, -0.15) is 0 Å². The van der Waals surface area contributed by atoms with Gasteiger partial charge in [-0.05, 0) is 5.39 Å². The van der Waals surface area contributed by atoms with Gasteiger partial charge in [0.1, 0.15) is 5.76 Å². The Morgan fingerprint density at radius 3 is 2.53 bits per heavy atom. The largest absolute Gasteiger partial charge is 0.464 e. The molecule has 4 rings (SSSR count). The van der Waals surface area contributed by atoms with Crippen LogP contribution >= 0.6 is 0 Å². The molecule has 1 aliphatic heterocycles. The van der Waals surface area contributed by atoms with Crippen molar-refractivity contribution in [1.29, 1.82) is 0 Å². The average molecular weight is 252 g/mol. The van der Waals surface area contributed by atoms with E-state index < -0.39 is 0 Å². The van der Waals surface area contributed by atoms with E-state index in [1.165, 1.54) is 0 Å². The van der Waals surface area contributed by atoms with Crippen molar-refractivity contribution < 1.29 is 14.3 Å². The van der Waals surface area contributed by atoms with Gasteiger partial charge in [0, 0.05) is 29.0 Å². The Balaban J connectivity index is 1.90. The van der Waals surface area contributed by atoms with Crippen LogP contribution in [0.4, 0.5) is 0 Å². The molecule has 1 aliphatic carbocycles. The number of allylic oxidation sites excluding steroid dienone is 1. The van der Waals surface area contributed by atoms with Gasteiger partial charge in [0.05, 0.1) is 6.61 Å². The Hall–Kier alpha value is -2.13. The minimum atomic E-state index is -0.209. The zero-order chi connectivity index (χ0) is 12.8. The molecule has 1 fully saturated rings. The summed E-state index contributed by atoms with van der Waals surface area (Å²) in [7, 11) is 0. The molecule has 3 nitrogen and oxygen atoms in total. The summed E-state index contributed by atoms with van der Waals surface area (Å²) in [6, 6.07) is 11.8. The topological polar surface area (TPSA) is 35.5 Å². The molecule has 0 spiro atoms. The van der Waals surface area contributed by atoms with E-state index in [0.29, 0.717) is 5.76 Å². The van der Waals surface area contributed by atoms with Crippen molar-refractivity contribution in [2.45, 2.75) is 12.7 Å². The quantitative estimate of drug-likeness (QED) is 0.823. The average Bonchev–Trinajstić information content (AvgIpc) is 2.39. The molecule has 2 aromatic carbocycles. The molecule has 1 heterocycles. The van der Waals surface area contributed by atoms with Crippen molar-refractivity contribution in [2.75, 3.05) is 6.61 Å². The SMILES string of the molecule is O=C1C=C(OC2CCO2)c2cccc3cccc1c23. The van der Waals surface area contributed by atoms with Crippen LogP contribution in [-0.4, -0.2) is 18.7 Å². The van der Waals surface area contributed by atoms with E-state index in [2.05, 4.69) is 0 Å². The van der Waals surface area contributed by atoms with Crippen molar-refractivity contribution in [3.05, 3.63) is 53.6 Å². The normalized spacial score (nSPS) is 20.9. The maximum absolute atomic E-state index is 12.2. The summed E-state index contributed by atoms with van der Waals surface area (Å²) < 4.78 is 11.0. The highest BCUT2D eigenvalue weighted by Crippen LogP contribution is 2.35. The lowest BCUT2D eigenvalue weighted by Crippen LogP contribution is -2.29. The van der Waals surface area contributed by atoms with Crippen LogP contribution in [0.1, 0.15) is 22.3 Å². The van der Waals surface area contributed by atoms with E-state index in [1.54, 1.807) is 6.08 Å². The Labute approximate surface area is 110 Å². The number of ketones is 1. The fourth-order valence-corrected chi connectivity index (χ4v) is 2.57. The molecular formula is C16H12O3. The standard InChI is InChI=1S/C16H12O3/c17-13-9-14(19-15-7-8-18-15)12-6-2-4-10-3-1-5-11(13)16(10)12/h1-6,9,15H,7-8H2. The third kappa shape index (κ3) is 1.59. The summed E-state index contributed by atoms with van der Waals surface area (Å²) >= 11 is 0. The molecule has 0 saturated carbocycles. The number of carbonyl (C=O) groups excluding carboxylic acids is 1. The van der Waals surface area contributed by atoms with Gasteiger partial charge >= 0.3 is 0 Å². The van der Waals surface area contributed by atoms with Gasteiger partial charge in [0.15, 0.2) is 5.78 Å². The van der Waals surface area contributed by atoms with Crippen LogP contribution in [-0.2, 0) is 9.47 Å². The predicted molar refractivity (Wildman–Crippen MR) is 71.7 cm³/mol. The third-order valence-corrected chi connectivity index (χ3v) is 3.61. The fourth-order valence-electron chi connectivity index (χ4n) is 2.57. The number of benzene rings is 2. The molecule has 0 amide bonds. The molecule has 1 unspecified atom stereocenters. The Morgan fingerprint density at radius 1 is 1.11 bits per heavy atom. The second-order valence-corrected chi connectivity index (χ2v) is 4.79. The van der Waals surface area contributed by atoms with E-state index >= 15 is 0 Å². The molecule has 0 radical (unpaired) electrons. The molecule has 1 atom stereocenters. The third-order valence-electron chi connectivity index (χ3n) is 3.61. The lowest BCUT2D eigenvalue weighted by atomic mass is 9.91.